The second kappa shape index (κ2) is 8.35. The molecule has 1 amide bonds. The van der Waals surface area contributed by atoms with Gasteiger partial charge in [-0.3, -0.25) is 9.69 Å². The Morgan fingerprint density at radius 2 is 1.83 bits per heavy atom. The lowest BCUT2D eigenvalue weighted by Crippen LogP contribution is -2.48. The molecule has 0 spiro atoms. The van der Waals surface area contributed by atoms with Gasteiger partial charge in [-0.2, -0.15) is 0 Å². The third kappa shape index (κ3) is 4.56. The summed E-state index contributed by atoms with van der Waals surface area (Å²) in [6.07, 6.45) is -3.68. The molecule has 4 rings (SSSR count). The van der Waals surface area contributed by atoms with Gasteiger partial charge in [0.05, 0.1) is 18.8 Å². The zero-order valence-electron chi connectivity index (χ0n) is 16.6. The van der Waals surface area contributed by atoms with E-state index in [-0.39, 0.29) is 24.0 Å². The van der Waals surface area contributed by atoms with Gasteiger partial charge in [-0.05, 0) is 31.2 Å². The topological polar surface area (TPSA) is 63.3 Å². The highest BCUT2D eigenvalue weighted by Gasteiger charge is 2.43. The van der Waals surface area contributed by atoms with Crippen LogP contribution in [-0.2, 0) is 4.79 Å². The van der Waals surface area contributed by atoms with Crippen LogP contribution in [-0.4, -0.2) is 56.4 Å². The number of halogens is 2. The van der Waals surface area contributed by atoms with Gasteiger partial charge in [0.15, 0.2) is 11.5 Å². The van der Waals surface area contributed by atoms with E-state index in [0.29, 0.717) is 12.3 Å². The average molecular weight is 419 g/mol. The fourth-order valence-corrected chi connectivity index (χ4v) is 3.57. The Morgan fingerprint density at radius 3 is 2.60 bits per heavy atom. The van der Waals surface area contributed by atoms with Gasteiger partial charge in [0.1, 0.15) is 5.75 Å². The van der Waals surface area contributed by atoms with Crippen LogP contribution in [0.5, 0.6) is 17.2 Å². The molecule has 0 aromatic heterocycles. The van der Waals surface area contributed by atoms with Crippen molar-refractivity contribution >= 4 is 17.3 Å². The molecule has 30 heavy (non-hydrogen) atoms. The van der Waals surface area contributed by atoms with Crippen LogP contribution in [0.1, 0.15) is 6.92 Å². The van der Waals surface area contributed by atoms with Crippen LogP contribution in [0.3, 0.4) is 0 Å². The summed E-state index contributed by atoms with van der Waals surface area (Å²) in [5, 5.41) is 2.72. The van der Waals surface area contributed by atoms with Crippen LogP contribution in [0.15, 0.2) is 42.5 Å². The number of nitrogens with zero attached hydrogens (tertiary/aromatic N) is 2. The maximum atomic E-state index is 13.1. The Kier molecular flexibility index (Phi) is 5.63. The van der Waals surface area contributed by atoms with E-state index in [2.05, 4.69) is 24.6 Å². The van der Waals surface area contributed by atoms with Crippen LogP contribution in [0.2, 0.25) is 0 Å². The lowest BCUT2D eigenvalue weighted by Gasteiger charge is -2.36. The molecule has 1 N–H and O–H groups in total. The minimum atomic E-state index is -3.68. The molecule has 0 bridgehead atoms. The molecule has 0 unspecified atom stereocenters. The first-order chi connectivity index (χ1) is 14.4. The highest BCUT2D eigenvalue weighted by atomic mass is 19.3. The number of rotatable bonds is 6. The molecule has 1 fully saturated rings. The number of hydrogen-bond acceptors (Lipinski definition) is 6. The van der Waals surface area contributed by atoms with Gasteiger partial charge < -0.3 is 24.4 Å². The Morgan fingerprint density at radius 1 is 1.10 bits per heavy atom. The van der Waals surface area contributed by atoms with Gasteiger partial charge >= 0.3 is 6.29 Å². The van der Waals surface area contributed by atoms with E-state index in [1.54, 1.807) is 0 Å². The number of para-hydroxylation sites is 2. The second-order valence-corrected chi connectivity index (χ2v) is 7.04. The smallest absolute Gasteiger partial charge is 0.492 e. The van der Waals surface area contributed by atoms with Crippen molar-refractivity contribution in [1.29, 1.82) is 0 Å². The molecule has 2 aromatic rings. The first-order valence-electron chi connectivity index (χ1n) is 9.82. The molecule has 2 aliphatic rings. The highest BCUT2D eigenvalue weighted by molar-refractivity contribution is 5.92. The molecule has 2 heterocycles. The molecule has 0 aliphatic carbocycles. The largest absolute Gasteiger partial charge is 0.586 e. The number of anilines is 2. The van der Waals surface area contributed by atoms with Gasteiger partial charge in [0.25, 0.3) is 0 Å². The Bertz CT molecular complexity index is 917. The van der Waals surface area contributed by atoms with Gasteiger partial charge in [0, 0.05) is 37.9 Å². The van der Waals surface area contributed by atoms with Crippen LogP contribution in [0.4, 0.5) is 20.2 Å². The van der Waals surface area contributed by atoms with E-state index in [1.807, 2.05) is 31.2 Å². The maximum Gasteiger partial charge on any atom is 0.586 e. The third-order valence-corrected chi connectivity index (χ3v) is 4.93. The highest BCUT2D eigenvalue weighted by Crippen LogP contribution is 2.42. The molecule has 2 aromatic carbocycles. The minimum absolute atomic E-state index is 0.0542. The summed E-state index contributed by atoms with van der Waals surface area (Å²) in [4.78, 5) is 16.7. The average Bonchev–Trinajstić information content (AvgIpc) is 3.02. The van der Waals surface area contributed by atoms with E-state index < -0.39 is 6.29 Å². The van der Waals surface area contributed by atoms with Gasteiger partial charge in [-0.15, -0.1) is 8.78 Å². The molecular weight excluding hydrogens is 396 g/mol. The molecule has 0 atom stereocenters. The SMILES string of the molecule is CCOc1ccccc1N1CCN(CC(=O)Nc2ccc3c(c2)OC(F)(F)O3)CC1. The molecule has 0 radical (unpaired) electrons. The van der Waals surface area contributed by atoms with Crippen molar-refractivity contribution in [2.45, 2.75) is 13.2 Å². The summed E-state index contributed by atoms with van der Waals surface area (Å²) in [6, 6.07) is 12.1. The molecule has 9 heteroatoms. The molecule has 1 saturated heterocycles. The number of carbonyl (C=O) groups is 1. The number of carbonyl (C=O) groups excluding carboxylic acids is 1. The summed E-state index contributed by atoms with van der Waals surface area (Å²) in [5.74, 6) is 0.490. The number of nitrogens with one attached hydrogen (secondary N) is 1. The number of benzene rings is 2. The monoisotopic (exact) mass is 419 g/mol. The van der Waals surface area contributed by atoms with Crippen LogP contribution < -0.4 is 24.4 Å². The number of alkyl halides is 2. The van der Waals surface area contributed by atoms with E-state index in [1.165, 1.54) is 18.2 Å². The summed E-state index contributed by atoms with van der Waals surface area (Å²) < 4.78 is 40.7. The number of amides is 1. The van der Waals surface area contributed by atoms with Crippen molar-refractivity contribution in [2.24, 2.45) is 0 Å². The molecule has 160 valence electrons. The number of ether oxygens (including phenoxy) is 3. The van der Waals surface area contributed by atoms with Crippen molar-refractivity contribution in [3.8, 4) is 17.2 Å². The van der Waals surface area contributed by atoms with E-state index in [4.69, 9.17) is 4.74 Å². The van der Waals surface area contributed by atoms with Crippen LogP contribution >= 0.6 is 0 Å². The van der Waals surface area contributed by atoms with Crippen LogP contribution in [0, 0.1) is 0 Å². The first-order valence-corrected chi connectivity index (χ1v) is 9.82. The summed E-state index contributed by atoms with van der Waals surface area (Å²) in [6.45, 7) is 5.77. The lowest BCUT2D eigenvalue weighted by molar-refractivity contribution is -0.286. The molecule has 7 nitrogen and oxygen atoms in total. The quantitative estimate of drug-likeness (QED) is 0.776. The maximum absolute atomic E-state index is 13.1. The zero-order valence-corrected chi connectivity index (χ0v) is 16.6. The normalized spacial score (nSPS) is 17.6. The van der Waals surface area contributed by atoms with Crippen molar-refractivity contribution in [1.82, 2.24) is 4.90 Å². The Hall–Kier alpha value is -3.07. The summed E-state index contributed by atoms with van der Waals surface area (Å²) in [5.41, 5.74) is 1.44. The van der Waals surface area contributed by atoms with Gasteiger partial charge in [0.2, 0.25) is 5.91 Å². The van der Waals surface area contributed by atoms with Gasteiger partial charge in [-0.1, -0.05) is 12.1 Å². The number of fused-ring (bicyclic) bond motifs is 1. The summed E-state index contributed by atoms with van der Waals surface area (Å²) in [7, 11) is 0. The zero-order chi connectivity index (χ0) is 21.1. The third-order valence-electron chi connectivity index (χ3n) is 4.93. The molecule has 0 saturated carbocycles. The predicted octanol–water partition coefficient (Wildman–Crippen LogP) is 3.17. The van der Waals surface area contributed by atoms with Crippen molar-refractivity contribution in [2.75, 3.05) is 49.5 Å². The predicted molar refractivity (Wildman–Crippen MR) is 108 cm³/mol. The van der Waals surface area contributed by atoms with Crippen LogP contribution in [0.25, 0.3) is 0 Å². The fraction of sp³-hybridized carbons (Fsp3) is 0.381. The standard InChI is InChI=1S/C21H23F2N3O4/c1-2-28-17-6-4-3-5-16(17)26-11-9-25(10-12-26)14-20(27)24-15-7-8-18-19(13-15)30-21(22,23)29-18/h3-8,13H,2,9-12,14H2,1H3,(H,24,27). The number of piperazine rings is 1. The first kappa shape index (κ1) is 20.2. The fourth-order valence-electron chi connectivity index (χ4n) is 3.57. The van der Waals surface area contributed by atoms with E-state index >= 15 is 0 Å². The second-order valence-electron chi connectivity index (χ2n) is 7.04. The minimum Gasteiger partial charge on any atom is -0.492 e. The Balaban J connectivity index is 1.29. The van der Waals surface area contributed by atoms with E-state index in [0.717, 1.165) is 37.6 Å². The Labute approximate surface area is 173 Å². The van der Waals surface area contributed by atoms with E-state index in [9.17, 15) is 13.6 Å². The van der Waals surface area contributed by atoms with Gasteiger partial charge in [-0.25, -0.2) is 0 Å². The van der Waals surface area contributed by atoms with Crippen molar-refractivity contribution in [3.05, 3.63) is 42.5 Å². The van der Waals surface area contributed by atoms with Crippen molar-refractivity contribution < 1.29 is 27.8 Å². The number of hydrogen-bond donors (Lipinski definition) is 1. The lowest BCUT2D eigenvalue weighted by atomic mass is 10.2. The molecular formula is C21H23F2N3O4. The van der Waals surface area contributed by atoms with Crippen molar-refractivity contribution in [3.63, 3.8) is 0 Å². The molecule has 2 aliphatic heterocycles. The summed E-state index contributed by atoms with van der Waals surface area (Å²) >= 11 is 0.